The first-order chi connectivity index (χ1) is 12.4. The molecule has 0 saturated carbocycles. The molecule has 4 heterocycles. The Balaban J connectivity index is 1.96. The number of aryl methyl sites for hydroxylation is 2. The van der Waals surface area contributed by atoms with Gasteiger partial charge in [-0.2, -0.15) is 4.98 Å². The lowest BCUT2D eigenvalue weighted by atomic mass is 10.2. The summed E-state index contributed by atoms with van der Waals surface area (Å²) in [4.78, 5) is 30.3. The molecule has 0 radical (unpaired) electrons. The van der Waals surface area contributed by atoms with Crippen LogP contribution in [0, 0.1) is 12.8 Å². The molecule has 3 aromatic rings. The van der Waals surface area contributed by atoms with Crippen LogP contribution in [0.25, 0.3) is 16.9 Å². The molecule has 0 spiro atoms. The second kappa shape index (κ2) is 6.12. The van der Waals surface area contributed by atoms with Gasteiger partial charge in [-0.3, -0.25) is 18.3 Å². The van der Waals surface area contributed by atoms with Crippen LogP contribution in [-0.4, -0.2) is 35.8 Å². The van der Waals surface area contributed by atoms with Crippen molar-refractivity contribution in [3.63, 3.8) is 0 Å². The van der Waals surface area contributed by atoms with Crippen LogP contribution in [0.5, 0.6) is 0 Å². The van der Waals surface area contributed by atoms with E-state index in [0.717, 1.165) is 25.1 Å². The van der Waals surface area contributed by atoms with Crippen molar-refractivity contribution in [1.82, 2.24) is 23.1 Å². The molecule has 4 rings (SSSR count). The van der Waals surface area contributed by atoms with Gasteiger partial charge >= 0.3 is 5.69 Å². The molecule has 0 aromatic carbocycles. The number of imidazole rings is 2. The van der Waals surface area contributed by atoms with Crippen molar-refractivity contribution >= 4 is 16.9 Å². The van der Waals surface area contributed by atoms with Gasteiger partial charge in [0.1, 0.15) is 0 Å². The van der Waals surface area contributed by atoms with Crippen molar-refractivity contribution in [3.8, 4) is 0 Å². The second-order valence-electron chi connectivity index (χ2n) is 7.62. The van der Waals surface area contributed by atoms with Gasteiger partial charge in [-0.05, 0) is 25.7 Å². The predicted molar refractivity (Wildman–Crippen MR) is 98.7 cm³/mol. The summed E-state index contributed by atoms with van der Waals surface area (Å²) in [7, 11) is 1.67. The maximum absolute atomic E-state index is 13.0. The summed E-state index contributed by atoms with van der Waals surface area (Å²) >= 11 is 0. The first-order valence-corrected chi connectivity index (χ1v) is 9.17. The third-order valence-electron chi connectivity index (χ3n) is 5.10. The lowest BCUT2D eigenvalue weighted by Gasteiger charge is -2.11. The van der Waals surface area contributed by atoms with E-state index in [2.05, 4.69) is 9.55 Å². The van der Waals surface area contributed by atoms with E-state index in [4.69, 9.17) is 4.74 Å². The Morgan fingerprint density at radius 2 is 2.08 bits per heavy atom. The Kier molecular flexibility index (Phi) is 4.02. The Morgan fingerprint density at radius 3 is 2.73 bits per heavy atom. The zero-order chi connectivity index (χ0) is 18.6. The van der Waals surface area contributed by atoms with Gasteiger partial charge in [0.25, 0.3) is 5.56 Å². The summed E-state index contributed by atoms with van der Waals surface area (Å²) < 4.78 is 12.4. The topological polar surface area (TPSA) is 75.5 Å². The van der Waals surface area contributed by atoms with E-state index in [0.29, 0.717) is 30.0 Å². The van der Waals surface area contributed by atoms with Crippen LogP contribution in [0.2, 0.25) is 0 Å². The van der Waals surface area contributed by atoms with E-state index in [1.807, 2.05) is 31.4 Å². The first kappa shape index (κ1) is 17.1. The number of fused-ring (bicyclic) bond motifs is 3. The van der Waals surface area contributed by atoms with Crippen molar-refractivity contribution in [2.75, 3.05) is 6.61 Å². The summed E-state index contributed by atoms with van der Waals surface area (Å²) in [5.41, 5.74) is 1.31. The van der Waals surface area contributed by atoms with Gasteiger partial charge in [-0.25, -0.2) is 4.79 Å². The molecular formula is C18H25N5O3. The molecule has 0 bridgehead atoms. The molecule has 0 amide bonds. The van der Waals surface area contributed by atoms with Crippen LogP contribution in [0.3, 0.4) is 0 Å². The van der Waals surface area contributed by atoms with E-state index in [-0.39, 0.29) is 23.3 Å². The number of rotatable bonds is 4. The fourth-order valence-corrected chi connectivity index (χ4v) is 3.80. The van der Waals surface area contributed by atoms with Gasteiger partial charge in [-0.1, -0.05) is 13.8 Å². The third-order valence-corrected chi connectivity index (χ3v) is 5.10. The first-order valence-electron chi connectivity index (χ1n) is 9.17. The largest absolute Gasteiger partial charge is 0.376 e. The van der Waals surface area contributed by atoms with Crippen LogP contribution in [-0.2, 0) is 24.9 Å². The number of hydrogen-bond acceptors (Lipinski definition) is 4. The average molecular weight is 359 g/mol. The van der Waals surface area contributed by atoms with E-state index < -0.39 is 0 Å². The van der Waals surface area contributed by atoms with E-state index in [9.17, 15) is 9.59 Å². The van der Waals surface area contributed by atoms with Crippen LogP contribution < -0.4 is 11.2 Å². The molecule has 26 heavy (non-hydrogen) atoms. The van der Waals surface area contributed by atoms with E-state index >= 15 is 0 Å². The smallest absolute Gasteiger partial charge is 0.332 e. The normalized spacial score (nSPS) is 18.0. The molecule has 1 saturated heterocycles. The zero-order valence-electron chi connectivity index (χ0n) is 15.7. The van der Waals surface area contributed by atoms with Gasteiger partial charge in [0.15, 0.2) is 11.2 Å². The standard InChI is InChI=1S/C18H25N5O3/c1-11(2)8-23-16(24)14-15(20(4)18(23)25)19-17-21(12(3)9-22(14)17)10-13-6-5-7-26-13/h9,11,13H,5-8,10H2,1-4H3/t13-/m0/s1. The minimum atomic E-state index is -0.320. The highest BCUT2D eigenvalue weighted by molar-refractivity contribution is 5.75. The average Bonchev–Trinajstić information content (AvgIpc) is 3.28. The van der Waals surface area contributed by atoms with E-state index in [1.54, 1.807) is 7.05 Å². The van der Waals surface area contributed by atoms with Crippen molar-refractivity contribution in [1.29, 1.82) is 0 Å². The Morgan fingerprint density at radius 1 is 1.31 bits per heavy atom. The summed E-state index contributed by atoms with van der Waals surface area (Å²) in [5.74, 6) is 0.884. The van der Waals surface area contributed by atoms with Crippen molar-refractivity contribution in [2.45, 2.75) is 52.8 Å². The summed E-state index contributed by atoms with van der Waals surface area (Å²) in [5, 5.41) is 0. The molecule has 8 heteroatoms. The third kappa shape index (κ3) is 2.51. The lowest BCUT2D eigenvalue weighted by Crippen LogP contribution is -2.40. The van der Waals surface area contributed by atoms with Gasteiger partial charge in [0.2, 0.25) is 5.78 Å². The minimum absolute atomic E-state index is 0.172. The SMILES string of the molecule is Cc1cn2c3c(=O)n(CC(C)C)c(=O)n(C)c3nc2n1C[C@@H]1CCCO1. The minimum Gasteiger partial charge on any atom is -0.376 e. The van der Waals surface area contributed by atoms with Gasteiger partial charge in [0.05, 0.1) is 12.6 Å². The molecule has 0 N–H and O–H groups in total. The van der Waals surface area contributed by atoms with Gasteiger partial charge < -0.3 is 9.30 Å². The van der Waals surface area contributed by atoms with Crippen molar-refractivity contribution < 1.29 is 4.74 Å². The molecule has 1 fully saturated rings. The summed E-state index contributed by atoms with van der Waals surface area (Å²) in [6, 6.07) is 0. The van der Waals surface area contributed by atoms with Gasteiger partial charge in [-0.15, -0.1) is 0 Å². The Hall–Kier alpha value is -2.35. The van der Waals surface area contributed by atoms with Crippen LogP contribution in [0.4, 0.5) is 0 Å². The van der Waals surface area contributed by atoms with Crippen molar-refractivity contribution in [3.05, 3.63) is 32.7 Å². The predicted octanol–water partition coefficient (Wildman–Crippen LogP) is 1.29. The highest BCUT2D eigenvalue weighted by atomic mass is 16.5. The summed E-state index contributed by atoms with van der Waals surface area (Å²) in [6.45, 7) is 7.88. The maximum Gasteiger partial charge on any atom is 0.332 e. The molecule has 1 aliphatic rings. The zero-order valence-corrected chi connectivity index (χ0v) is 15.7. The van der Waals surface area contributed by atoms with E-state index in [1.165, 1.54) is 9.13 Å². The fraction of sp³-hybridized carbons (Fsp3) is 0.611. The lowest BCUT2D eigenvalue weighted by molar-refractivity contribution is 0.0974. The molecule has 140 valence electrons. The molecule has 0 unspecified atom stereocenters. The Bertz CT molecular complexity index is 1090. The number of hydrogen-bond donors (Lipinski definition) is 0. The number of ether oxygens (including phenoxy) is 1. The van der Waals surface area contributed by atoms with Gasteiger partial charge in [0, 0.05) is 32.1 Å². The van der Waals surface area contributed by atoms with Crippen LogP contribution >= 0.6 is 0 Å². The highest BCUT2D eigenvalue weighted by Gasteiger charge is 2.23. The van der Waals surface area contributed by atoms with Crippen molar-refractivity contribution in [2.24, 2.45) is 13.0 Å². The summed E-state index contributed by atoms with van der Waals surface area (Å²) in [6.07, 6.45) is 4.20. The monoisotopic (exact) mass is 359 g/mol. The molecular weight excluding hydrogens is 334 g/mol. The molecule has 3 aromatic heterocycles. The number of aromatic nitrogens is 5. The fourth-order valence-electron chi connectivity index (χ4n) is 3.80. The molecule has 0 aliphatic carbocycles. The number of nitrogens with zero attached hydrogens (tertiary/aromatic N) is 5. The second-order valence-corrected chi connectivity index (χ2v) is 7.62. The maximum atomic E-state index is 13.0. The quantitative estimate of drug-likeness (QED) is 0.703. The highest BCUT2D eigenvalue weighted by Crippen LogP contribution is 2.20. The Labute approximate surface area is 150 Å². The van der Waals surface area contributed by atoms with Crippen LogP contribution in [0.15, 0.2) is 15.8 Å². The van der Waals surface area contributed by atoms with Crippen LogP contribution in [0.1, 0.15) is 32.4 Å². The molecule has 1 aliphatic heterocycles. The molecule has 8 nitrogen and oxygen atoms in total. The molecule has 1 atom stereocenters.